The molecule has 0 aliphatic rings. The van der Waals surface area contributed by atoms with E-state index in [1.54, 1.807) is 28.2 Å². The molecule has 0 saturated carbocycles. The van der Waals surface area contributed by atoms with E-state index in [2.05, 4.69) is 13.8 Å². The molecule has 6 heteroatoms. The molecule has 0 aliphatic carbocycles. The molecule has 0 radical (unpaired) electrons. The highest BCUT2D eigenvalue weighted by Gasteiger charge is 2.37. The van der Waals surface area contributed by atoms with Crippen LogP contribution in [0.25, 0.3) is 0 Å². The second-order valence-electron chi connectivity index (χ2n) is 12.8. The van der Waals surface area contributed by atoms with E-state index in [4.69, 9.17) is 9.47 Å². The van der Waals surface area contributed by atoms with Gasteiger partial charge >= 0.3 is 0 Å². The Bertz CT molecular complexity index is 559. The minimum Gasteiger partial charge on any atom is -0.365 e. The molecule has 0 fully saturated rings. The number of unbranched alkanes of at least 4 members (excludes halogenated alkanes) is 22. The van der Waals surface area contributed by atoms with Gasteiger partial charge in [-0.1, -0.05) is 155 Å². The van der Waals surface area contributed by atoms with Crippen LogP contribution in [0.3, 0.4) is 0 Å². The number of hydrogen-bond donors (Lipinski definition) is 0. The van der Waals surface area contributed by atoms with Gasteiger partial charge in [-0.2, -0.15) is 0 Å². The molecule has 42 heavy (non-hydrogen) atoms. The van der Waals surface area contributed by atoms with Crippen molar-refractivity contribution < 1.29 is 19.1 Å². The Morgan fingerprint density at radius 2 is 0.619 bits per heavy atom. The molecule has 0 rings (SSSR count). The van der Waals surface area contributed by atoms with E-state index < -0.39 is 12.2 Å². The standard InChI is InChI=1S/C36H72N2O4/c1-7-9-11-13-15-17-19-21-23-25-27-29-31-41-33(35(39)37(3)4)34(36(40)38(5)6)42-32-30-28-26-24-22-20-18-16-14-12-10-8-2/h33-34H,7-32H2,1-6H3/t33-,34-/m1/s1. The van der Waals surface area contributed by atoms with Crippen molar-refractivity contribution in [2.75, 3.05) is 41.4 Å². The molecule has 0 aromatic rings. The van der Waals surface area contributed by atoms with E-state index in [9.17, 15) is 9.59 Å². The van der Waals surface area contributed by atoms with Crippen molar-refractivity contribution >= 4 is 11.8 Å². The third-order valence-electron chi connectivity index (χ3n) is 8.23. The molecule has 0 N–H and O–H groups in total. The van der Waals surface area contributed by atoms with Crippen LogP contribution in [-0.2, 0) is 19.1 Å². The second kappa shape index (κ2) is 29.9. The summed E-state index contributed by atoms with van der Waals surface area (Å²) in [6.07, 6.45) is 28.8. The van der Waals surface area contributed by atoms with Crippen LogP contribution >= 0.6 is 0 Å². The van der Waals surface area contributed by atoms with Crippen LogP contribution in [0.1, 0.15) is 168 Å². The Labute approximate surface area is 262 Å². The molecule has 0 saturated heterocycles. The van der Waals surface area contributed by atoms with Crippen molar-refractivity contribution in [1.82, 2.24) is 9.80 Å². The molecule has 2 amide bonds. The maximum atomic E-state index is 13.0. The van der Waals surface area contributed by atoms with Gasteiger partial charge in [0.15, 0.2) is 12.2 Å². The number of ether oxygens (including phenoxy) is 2. The first kappa shape index (κ1) is 40.9. The van der Waals surface area contributed by atoms with Crippen LogP contribution in [0.5, 0.6) is 0 Å². The Balaban J connectivity index is 4.35. The van der Waals surface area contributed by atoms with Crippen molar-refractivity contribution in [3.63, 3.8) is 0 Å². The lowest BCUT2D eigenvalue weighted by atomic mass is 10.1. The fraction of sp³-hybridized carbons (Fsp3) is 0.944. The number of amides is 2. The SMILES string of the molecule is CCCCCCCCCCCCCCO[C@@H](C(=O)N(C)C)[C@@H](OCCCCCCCCCCCCCC)C(=O)N(C)C. The van der Waals surface area contributed by atoms with Gasteiger partial charge in [0.05, 0.1) is 0 Å². The van der Waals surface area contributed by atoms with Crippen LogP contribution in [0.15, 0.2) is 0 Å². The van der Waals surface area contributed by atoms with Crippen LogP contribution in [0, 0.1) is 0 Å². The van der Waals surface area contributed by atoms with Gasteiger partial charge in [0, 0.05) is 41.4 Å². The molecular weight excluding hydrogens is 524 g/mol. The van der Waals surface area contributed by atoms with Gasteiger partial charge in [0.1, 0.15) is 0 Å². The highest BCUT2D eigenvalue weighted by molar-refractivity contribution is 5.90. The largest absolute Gasteiger partial charge is 0.365 e. The molecular formula is C36H72N2O4. The lowest BCUT2D eigenvalue weighted by Crippen LogP contribution is -2.51. The van der Waals surface area contributed by atoms with E-state index >= 15 is 0 Å². The average Bonchev–Trinajstić information content (AvgIpc) is 2.97. The number of hydrogen-bond acceptors (Lipinski definition) is 4. The lowest BCUT2D eigenvalue weighted by molar-refractivity contribution is -0.166. The summed E-state index contributed by atoms with van der Waals surface area (Å²) < 4.78 is 12.2. The first-order chi connectivity index (χ1) is 20.4. The first-order valence-electron chi connectivity index (χ1n) is 18.0. The highest BCUT2D eigenvalue weighted by atomic mass is 16.5. The predicted molar refractivity (Wildman–Crippen MR) is 179 cm³/mol. The number of nitrogens with zero attached hydrogens (tertiary/aromatic N) is 2. The number of likely N-dealkylation sites (N-methyl/N-ethyl adjacent to an activating group) is 2. The molecule has 250 valence electrons. The maximum Gasteiger partial charge on any atom is 0.254 e. The molecule has 2 atom stereocenters. The number of rotatable bonds is 31. The summed E-state index contributed by atoms with van der Waals surface area (Å²) in [5.74, 6) is -0.410. The first-order valence-corrected chi connectivity index (χ1v) is 18.0. The monoisotopic (exact) mass is 597 g/mol. The van der Waals surface area contributed by atoms with Crippen molar-refractivity contribution in [3.05, 3.63) is 0 Å². The third kappa shape index (κ3) is 23.3. The molecule has 0 heterocycles. The molecule has 0 spiro atoms. The van der Waals surface area contributed by atoms with E-state index in [-0.39, 0.29) is 11.8 Å². The fourth-order valence-electron chi connectivity index (χ4n) is 5.39. The smallest absolute Gasteiger partial charge is 0.254 e. The Kier molecular flexibility index (Phi) is 29.1. The van der Waals surface area contributed by atoms with Crippen molar-refractivity contribution in [2.24, 2.45) is 0 Å². The summed E-state index contributed by atoms with van der Waals surface area (Å²) in [6, 6.07) is 0. The maximum absolute atomic E-state index is 13.0. The Morgan fingerprint density at radius 1 is 0.405 bits per heavy atom. The molecule has 0 aliphatic heterocycles. The number of carbonyl (C=O) groups excluding carboxylic acids is 2. The summed E-state index contributed by atoms with van der Waals surface area (Å²) >= 11 is 0. The topological polar surface area (TPSA) is 59.1 Å². The molecule has 0 unspecified atom stereocenters. The summed E-state index contributed by atoms with van der Waals surface area (Å²) in [6.45, 7) is 5.48. The summed E-state index contributed by atoms with van der Waals surface area (Å²) in [5.41, 5.74) is 0. The van der Waals surface area contributed by atoms with Gasteiger partial charge in [-0.05, 0) is 12.8 Å². The summed E-state index contributed by atoms with van der Waals surface area (Å²) in [5, 5.41) is 0. The molecule has 0 bridgehead atoms. The zero-order valence-corrected chi connectivity index (χ0v) is 29.1. The predicted octanol–water partition coefficient (Wildman–Crippen LogP) is 9.34. The van der Waals surface area contributed by atoms with Crippen LogP contribution < -0.4 is 0 Å². The van der Waals surface area contributed by atoms with Crippen LogP contribution in [0.2, 0.25) is 0 Å². The van der Waals surface area contributed by atoms with Crippen LogP contribution in [-0.4, -0.2) is 75.2 Å². The van der Waals surface area contributed by atoms with Crippen molar-refractivity contribution in [2.45, 2.75) is 180 Å². The van der Waals surface area contributed by atoms with Crippen molar-refractivity contribution in [1.29, 1.82) is 0 Å². The second-order valence-corrected chi connectivity index (χ2v) is 12.8. The van der Waals surface area contributed by atoms with Gasteiger partial charge < -0.3 is 19.3 Å². The zero-order chi connectivity index (χ0) is 31.3. The van der Waals surface area contributed by atoms with Gasteiger partial charge in [-0.15, -0.1) is 0 Å². The van der Waals surface area contributed by atoms with Gasteiger partial charge in [0.25, 0.3) is 11.8 Å². The lowest BCUT2D eigenvalue weighted by Gasteiger charge is -2.29. The Hall–Kier alpha value is -1.14. The fourth-order valence-corrected chi connectivity index (χ4v) is 5.39. The minimum absolute atomic E-state index is 0.205. The summed E-state index contributed by atoms with van der Waals surface area (Å²) in [4.78, 5) is 29.1. The average molecular weight is 597 g/mol. The zero-order valence-electron chi connectivity index (χ0n) is 29.1. The van der Waals surface area contributed by atoms with E-state index in [0.717, 1.165) is 25.7 Å². The quantitative estimate of drug-likeness (QED) is 0.0748. The molecule has 0 aromatic heterocycles. The molecule has 0 aromatic carbocycles. The van der Waals surface area contributed by atoms with E-state index in [0.29, 0.717) is 13.2 Å². The van der Waals surface area contributed by atoms with Crippen LogP contribution in [0.4, 0.5) is 0 Å². The third-order valence-corrected chi connectivity index (χ3v) is 8.23. The highest BCUT2D eigenvalue weighted by Crippen LogP contribution is 2.16. The van der Waals surface area contributed by atoms with Gasteiger partial charge in [-0.3, -0.25) is 9.59 Å². The van der Waals surface area contributed by atoms with E-state index in [1.165, 1.54) is 138 Å². The summed E-state index contributed by atoms with van der Waals surface area (Å²) in [7, 11) is 6.85. The van der Waals surface area contributed by atoms with Crippen molar-refractivity contribution in [3.8, 4) is 0 Å². The molecule has 6 nitrogen and oxygen atoms in total. The number of carbonyl (C=O) groups is 2. The van der Waals surface area contributed by atoms with Gasteiger partial charge in [0.2, 0.25) is 0 Å². The minimum atomic E-state index is -0.903. The normalized spacial score (nSPS) is 12.8. The van der Waals surface area contributed by atoms with Gasteiger partial charge in [-0.25, -0.2) is 0 Å². The Morgan fingerprint density at radius 3 is 0.833 bits per heavy atom. The van der Waals surface area contributed by atoms with E-state index in [1.807, 2.05) is 0 Å².